The number of benzene rings is 1. The largest absolute Gasteiger partial charge is 0.472 e. The summed E-state index contributed by atoms with van der Waals surface area (Å²) in [6, 6.07) is 9.38. The predicted octanol–water partition coefficient (Wildman–Crippen LogP) is 3.51. The first-order valence-electron chi connectivity index (χ1n) is 8.81. The van der Waals surface area contributed by atoms with Crippen LogP contribution in [0.3, 0.4) is 0 Å². The molecule has 1 saturated heterocycles. The van der Waals surface area contributed by atoms with Crippen LogP contribution in [-0.2, 0) is 11.2 Å². The minimum atomic E-state index is -0.0332. The number of hydrogen-bond acceptors (Lipinski definition) is 6. The molecule has 2 aromatic heterocycles. The summed E-state index contributed by atoms with van der Waals surface area (Å²) in [5.41, 5.74) is 1.78. The Morgan fingerprint density at radius 2 is 2.25 bits per heavy atom. The van der Waals surface area contributed by atoms with Gasteiger partial charge in [0, 0.05) is 37.5 Å². The number of rotatable bonds is 5. The second-order valence-corrected chi connectivity index (χ2v) is 6.82. The predicted molar refractivity (Wildman–Crippen MR) is 106 cm³/mol. The lowest BCUT2D eigenvalue weighted by molar-refractivity contribution is -0.134. The van der Waals surface area contributed by atoms with E-state index in [0.29, 0.717) is 42.7 Å². The lowest BCUT2D eigenvalue weighted by Gasteiger charge is -2.36. The van der Waals surface area contributed by atoms with Gasteiger partial charge in [-0.1, -0.05) is 28.9 Å². The Labute approximate surface area is 173 Å². The van der Waals surface area contributed by atoms with Crippen molar-refractivity contribution in [3.63, 3.8) is 0 Å². The Morgan fingerprint density at radius 1 is 1.36 bits per heavy atom. The molecule has 1 amide bonds. The molecule has 1 aliphatic heterocycles. The zero-order valence-corrected chi connectivity index (χ0v) is 16.6. The van der Waals surface area contributed by atoms with Gasteiger partial charge in [0.1, 0.15) is 6.26 Å². The number of piperazine rings is 1. The Bertz CT molecular complexity index is 914. The molecular formula is C19H20Cl2N4O3. The Hall–Kier alpha value is -2.35. The molecule has 1 N–H and O–H groups in total. The van der Waals surface area contributed by atoms with Gasteiger partial charge in [-0.25, -0.2) is 0 Å². The van der Waals surface area contributed by atoms with Crippen LogP contribution in [0.4, 0.5) is 0 Å². The molecule has 28 heavy (non-hydrogen) atoms. The Balaban J connectivity index is 0.00000225. The van der Waals surface area contributed by atoms with Crippen molar-refractivity contribution in [3.05, 3.63) is 59.3 Å². The number of aromatic nitrogens is 2. The van der Waals surface area contributed by atoms with E-state index in [9.17, 15) is 4.79 Å². The van der Waals surface area contributed by atoms with Crippen LogP contribution in [0.25, 0.3) is 11.4 Å². The second-order valence-electron chi connectivity index (χ2n) is 6.39. The van der Waals surface area contributed by atoms with Gasteiger partial charge in [-0.05, 0) is 23.8 Å². The van der Waals surface area contributed by atoms with Crippen molar-refractivity contribution in [2.75, 3.05) is 19.6 Å². The highest BCUT2D eigenvalue weighted by molar-refractivity contribution is 6.30. The standard InChI is InChI=1S/C19H19ClN4O3.ClH/c20-15-3-1-2-13(10-15)16-11-21-7-8-24(16)18(25)5-4-17-22-19(23-27-17)14-6-9-26-12-14;/h1-3,6,9-10,12,16,21H,4-5,7-8,11H2;1H. The average molecular weight is 423 g/mol. The van der Waals surface area contributed by atoms with Crippen molar-refractivity contribution in [3.8, 4) is 11.4 Å². The minimum Gasteiger partial charge on any atom is -0.472 e. The van der Waals surface area contributed by atoms with Crippen LogP contribution in [0.5, 0.6) is 0 Å². The lowest BCUT2D eigenvalue weighted by Crippen LogP contribution is -2.48. The smallest absolute Gasteiger partial charge is 0.227 e. The van der Waals surface area contributed by atoms with Gasteiger partial charge >= 0.3 is 0 Å². The quantitative estimate of drug-likeness (QED) is 0.676. The number of hydrogen-bond donors (Lipinski definition) is 1. The summed E-state index contributed by atoms with van der Waals surface area (Å²) >= 11 is 6.12. The third-order valence-electron chi connectivity index (χ3n) is 4.60. The van der Waals surface area contributed by atoms with Crippen LogP contribution in [-0.4, -0.2) is 40.6 Å². The fourth-order valence-corrected chi connectivity index (χ4v) is 3.44. The van der Waals surface area contributed by atoms with Gasteiger partial charge in [0.05, 0.1) is 17.9 Å². The number of furan rings is 1. The van der Waals surface area contributed by atoms with Crippen molar-refractivity contribution >= 4 is 29.9 Å². The highest BCUT2D eigenvalue weighted by atomic mass is 35.5. The molecule has 1 unspecified atom stereocenters. The molecule has 0 spiro atoms. The van der Waals surface area contributed by atoms with Crippen LogP contribution >= 0.6 is 24.0 Å². The first kappa shape index (κ1) is 20.4. The van der Waals surface area contributed by atoms with E-state index in [2.05, 4.69) is 15.5 Å². The summed E-state index contributed by atoms with van der Waals surface area (Å²) in [5.74, 6) is 0.962. The van der Waals surface area contributed by atoms with Gasteiger partial charge in [-0.3, -0.25) is 4.79 Å². The molecule has 3 heterocycles. The monoisotopic (exact) mass is 422 g/mol. The molecule has 3 aromatic rings. The molecule has 0 bridgehead atoms. The summed E-state index contributed by atoms with van der Waals surface area (Å²) in [5, 5.41) is 7.94. The number of amides is 1. The molecular weight excluding hydrogens is 403 g/mol. The maximum absolute atomic E-state index is 12.8. The number of carbonyl (C=O) groups is 1. The molecule has 4 rings (SSSR count). The van der Waals surface area contributed by atoms with Crippen LogP contribution in [0.1, 0.15) is 23.9 Å². The first-order valence-corrected chi connectivity index (χ1v) is 9.19. The highest BCUT2D eigenvalue weighted by Gasteiger charge is 2.28. The molecule has 1 aromatic carbocycles. The van der Waals surface area contributed by atoms with Crippen molar-refractivity contribution in [2.24, 2.45) is 0 Å². The summed E-state index contributed by atoms with van der Waals surface area (Å²) in [6.45, 7) is 2.13. The summed E-state index contributed by atoms with van der Waals surface area (Å²) in [6.07, 6.45) is 3.81. The summed E-state index contributed by atoms with van der Waals surface area (Å²) in [7, 11) is 0. The zero-order chi connectivity index (χ0) is 18.6. The number of nitrogens with one attached hydrogen (secondary N) is 1. The SMILES string of the molecule is Cl.O=C(CCc1nc(-c2ccoc2)no1)N1CCNCC1c1cccc(Cl)c1. The molecule has 0 saturated carbocycles. The van der Waals surface area contributed by atoms with E-state index < -0.39 is 0 Å². The maximum atomic E-state index is 12.8. The number of nitrogens with zero attached hydrogens (tertiary/aromatic N) is 3. The minimum absolute atomic E-state index is 0. The fraction of sp³-hybridized carbons (Fsp3) is 0.316. The first-order chi connectivity index (χ1) is 13.2. The van der Waals surface area contributed by atoms with E-state index in [-0.39, 0.29) is 24.4 Å². The third kappa shape index (κ3) is 4.55. The highest BCUT2D eigenvalue weighted by Crippen LogP contribution is 2.25. The van der Waals surface area contributed by atoms with Gasteiger partial charge in [0.2, 0.25) is 17.6 Å². The zero-order valence-electron chi connectivity index (χ0n) is 15.0. The molecule has 1 fully saturated rings. The third-order valence-corrected chi connectivity index (χ3v) is 4.83. The van der Waals surface area contributed by atoms with Gasteiger partial charge in [-0.15, -0.1) is 12.4 Å². The van der Waals surface area contributed by atoms with Crippen molar-refractivity contribution in [1.29, 1.82) is 0 Å². The normalized spacial score (nSPS) is 16.6. The summed E-state index contributed by atoms with van der Waals surface area (Å²) < 4.78 is 10.3. The number of aryl methyl sites for hydroxylation is 1. The number of halogens is 2. The van der Waals surface area contributed by atoms with Gasteiger partial charge in [0.25, 0.3) is 0 Å². The Morgan fingerprint density at radius 3 is 3.04 bits per heavy atom. The topological polar surface area (TPSA) is 84.4 Å². The maximum Gasteiger partial charge on any atom is 0.227 e. The van der Waals surface area contributed by atoms with Crippen LogP contribution in [0.15, 0.2) is 51.8 Å². The molecule has 0 radical (unpaired) electrons. The van der Waals surface area contributed by atoms with E-state index in [1.807, 2.05) is 29.2 Å². The molecule has 1 aliphatic rings. The van der Waals surface area contributed by atoms with Crippen LogP contribution < -0.4 is 5.32 Å². The van der Waals surface area contributed by atoms with Gasteiger partial charge < -0.3 is 19.2 Å². The van der Waals surface area contributed by atoms with Gasteiger partial charge in [0.15, 0.2) is 0 Å². The fourth-order valence-electron chi connectivity index (χ4n) is 3.24. The molecule has 1 atom stereocenters. The average Bonchev–Trinajstić information content (AvgIpc) is 3.38. The summed E-state index contributed by atoms with van der Waals surface area (Å²) in [4.78, 5) is 19.1. The van der Waals surface area contributed by atoms with E-state index in [4.69, 9.17) is 20.5 Å². The second kappa shape index (κ2) is 9.23. The van der Waals surface area contributed by atoms with E-state index in [1.54, 1.807) is 18.6 Å². The molecule has 9 heteroatoms. The van der Waals surface area contributed by atoms with Crippen molar-refractivity contribution < 1.29 is 13.7 Å². The van der Waals surface area contributed by atoms with E-state index in [0.717, 1.165) is 17.7 Å². The van der Waals surface area contributed by atoms with E-state index >= 15 is 0 Å². The molecule has 7 nitrogen and oxygen atoms in total. The molecule has 0 aliphatic carbocycles. The van der Waals surface area contributed by atoms with Crippen molar-refractivity contribution in [1.82, 2.24) is 20.4 Å². The Kier molecular flexibility index (Phi) is 6.72. The van der Waals surface area contributed by atoms with Gasteiger partial charge in [-0.2, -0.15) is 4.98 Å². The van der Waals surface area contributed by atoms with Crippen molar-refractivity contribution in [2.45, 2.75) is 18.9 Å². The van der Waals surface area contributed by atoms with E-state index in [1.165, 1.54) is 0 Å². The lowest BCUT2D eigenvalue weighted by atomic mass is 10.0. The molecule has 148 valence electrons. The van der Waals surface area contributed by atoms with Crippen LogP contribution in [0.2, 0.25) is 5.02 Å². The van der Waals surface area contributed by atoms with Crippen LogP contribution in [0, 0.1) is 0 Å². The number of carbonyl (C=O) groups excluding carboxylic acids is 1.